The third-order valence-electron chi connectivity index (χ3n) is 5.10. The van der Waals surface area contributed by atoms with Crippen molar-refractivity contribution in [3.63, 3.8) is 0 Å². The molecule has 3 rings (SSSR count). The lowest BCUT2D eigenvalue weighted by Gasteiger charge is -2.36. The summed E-state index contributed by atoms with van der Waals surface area (Å²) < 4.78 is 1.12. The highest BCUT2D eigenvalue weighted by Crippen LogP contribution is 2.41. The Balaban J connectivity index is 0.00000280. The van der Waals surface area contributed by atoms with E-state index in [1.807, 2.05) is 20.9 Å². The highest BCUT2D eigenvalue weighted by molar-refractivity contribution is 14.0. The minimum atomic E-state index is 0. The molecule has 8 heteroatoms. The molecule has 1 amide bonds. The summed E-state index contributed by atoms with van der Waals surface area (Å²) in [6.45, 7) is 8.01. The third-order valence-corrected chi connectivity index (χ3v) is 5.63. The van der Waals surface area contributed by atoms with E-state index in [9.17, 15) is 4.79 Å². The van der Waals surface area contributed by atoms with Gasteiger partial charge in [-0.2, -0.15) is 0 Å². The van der Waals surface area contributed by atoms with Crippen molar-refractivity contribution in [2.45, 2.75) is 38.3 Å². The second-order valence-corrected chi connectivity index (χ2v) is 8.59. The first-order valence-electron chi connectivity index (χ1n) is 9.71. The van der Waals surface area contributed by atoms with Crippen LogP contribution in [-0.4, -0.2) is 73.5 Å². The summed E-state index contributed by atoms with van der Waals surface area (Å²) in [5.41, 5.74) is 1.38. The van der Waals surface area contributed by atoms with Crippen molar-refractivity contribution >= 4 is 51.8 Å². The van der Waals surface area contributed by atoms with Crippen molar-refractivity contribution in [2.75, 3.05) is 39.8 Å². The average molecular weight is 564 g/mol. The zero-order valence-corrected chi connectivity index (χ0v) is 20.7. The number of guanidine groups is 1. The lowest BCUT2D eigenvalue weighted by Crippen LogP contribution is -2.54. The van der Waals surface area contributed by atoms with Crippen LogP contribution in [0.3, 0.4) is 0 Å². The smallest absolute Gasteiger partial charge is 0.234 e. The van der Waals surface area contributed by atoms with Gasteiger partial charge in [-0.3, -0.25) is 14.7 Å². The molecule has 28 heavy (non-hydrogen) atoms. The lowest BCUT2D eigenvalue weighted by atomic mass is 10.1. The standard InChI is InChI=1S/C20H30BrN5O.HI/c1-14(2)23-19(27)13-25-8-10-26(11-9-25)20(22-3)24-18-12-17(18)15-4-6-16(21)7-5-15;/h4-7,14,17-18H,8-13H2,1-3H3,(H,22,24)(H,23,27);1H. The number of carbonyl (C=O) groups is 1. The summed E-state index contributed by atoms with van der Waals surface area (Å²) >= 11 is 3.49. The number of hydrogen-bond acceptors (Lipinski definition) is 3. The maximum absolute atomic E-state index is 11.9. The van der Waals surface area contributed by atoms with E-state index in [0.717, 1.165) is 43.0 Å². The zero-order valence-electron chi connectivity index (χ0n) is 16.8. The van der Waals surface area contributed by atoms with E-state index in [-0.39, 0.29) is 35.9 Å². The van der Waals surface area contributed by atoms with E-state index in [2.05, 4.69) is 65.6 Å². The monoisotopic (exact) mass is 563 g/mol. The van der Waals surface area contributed by atoms with Crippen LogP contribution in [0.2, 0.25) is 0 Å². The molecule has 2 fully saturated rings. The summed E-state index contributed by atoms with van der Waals surface area (Å²) in [6.07, 6.45) is 1.15. The number of nitrogens with one attached hydrogen (secondary N) is 2. The minimum absolute atomic E-state index is 0. The molecule has 1 aliphatic heterocycles. The first-order valence-corrected chi connectivity index (χ1v) is 10.5. The van der Waals surface area contributed by atoms with Gasteiger partial charge in [0.2, 0.25) is 5.91 Å². The van der Waals surface area contributed by atoms with E-state index in [1.165, 1.54) is 5.56 Å². The Bertz CT molecular complexity index is 674. The van der Waals surface area contributed by atoms with Crippen LogP contribution in [0.4, 0.5) is 0 Å². The van der Waals surface area contributed by atoms with Crippen LogP contribution >= 0.6 is 39.9 Å². The zero-order chi connectivity index (χ0) is 19.4. The number of aliphatic imine (C=N–C) groups is 1. The highest BCUT2D eigenvalue weighted by Gasteiger charge is 2.39. The van der Waals surface area contributed by atoms with Crippen molar-refractivity contribution in [3.8, 4) is 0 Å². The molecule has 1 aromatic carbocycles. The van der Waals surface area contributed by atoms with E-state index in [1.54, 1.807) is 0 Å². The van der Waals surface area contributed by atoms with Gasteiger partial charge in [0.25, 0.3) is 0 Å². The van der Waals surface area contributed by atoms with E-state index in [0.29, 0.717) is 18.5 Å². The Morgan fingerprint density at radius 1 is 1.21 bits per heavy atom. The maximum Gasteiger partial charge on any atom is 0.234 e. The maximum atomic E-state index is 11.9. The summed E-state index contributed by atoms with van der Waals surface area (Å²) in [6, 6.07) is 9.25. The number of halogens is 2. The van der Waals surface area contributed by atoms with Crippen LogP contribution in [0, 0.1) is 0 Å². The van der Waals surface area contributed by atoms with Gasteiger partial charge in [-0.05, 0) is 38.0 Å². The fraction of sp³-hybridized carbons (Fsp3) is 0.600. The van der Waals surface area contributed by atoms with E-state index < -0.39 is 0 Å². The molecule has 0 spiro atoms. The molecule has 156 valence electrons. The Labute approximate surface area is 193 Å². The van der Waals surface area contributed by atoms with Crippen molar-refractivity contribution < 1.29 is 4.79 Å². The van der Waals surface area contributed by atoms with E-state index in [4.69, 9.17) is 0 Å². The van der Waals surface area contributed by atoms with Gasteiger partial charge in [-0.15, -0.1) is 24.0 Å². The van der Waals surface area contributed by atoms with Gasteiger partial charge in [0.15, 0.2) is 5.96 Å². The number of carbonyl (C=O) groups excluding carboxylic acids is 1. The topological polar surface area (TPSA) is 60.0 Å². The second-order valence-electron chi connectivity index (χ2n) is 7.68. The van der Waals surface area contributed by atoms with Crippen molar-refractivity contribution in [2.24, 2.45) is 4.99 Å². The van der Waals surface area contributed by atoms with Crippen LogP contribution in [-0.2, 0) is 4.79 Å². The first kappa shape index (κ1) is 23.4. The number of benzene rings is 1. The molecular weight excluding hydrogens is 533 g/mol. The molecule has 1 heterocycles. The van der Waals surface area contributed by atoms with Crippen LogP contribution in [0.5, 0.6) is 0 Å². The van der Waals surface area contributed by atoms with Crippen molar-refractivity contribution in [3.05, 3.63) is 34.3 Å². The number of amides is 1. The molecule has 2 unspecified atom stereocenters. The van der Waals surface area contributed by atoms with Crippen molar-refractivity contribution in [1.29, 1.82) is 0 Å². The molecule has 1 aliphatic carbocycles. The Kier molecular flexibility index (Phi) is 9.01. The second kappa shape index (κ2) is 10.8. The largest absolute Gasteiger partial charge is 0.353 e. The van der Waals surface area contributed by atoms with Gasteiger partial charge in [0.1, 0.15) is 0 Å². The van der Waals surface area contributed by atoms with E-state index >= 15 is 0 Å². The van der Waals surface area contributed by atoms with Gasteiger partial charge in [-0.25, -0.2) is 0 Å². The normalized spacial score (nSPS) is 22.6. The summed E-state index contributed by atoms with van der Waals surface area (Å²) in [5.74, 6) is 1.65. The highest BCUT2D eigenvalue weighted by atomic mass is 127. The quantitative estimate of drug-likeness (QED) is 0.328. The molecule has 1 aromatic rings. The van der Waals surface area contributed by atoms with Gasteiger partial charge >= 0.3 is 0 Å². The fourth-order valence-corrected chi connectivity index (χ4v) is 3.85. The molecule has 6 nitrogen and oxygen atoms in total. The molecule has 2 N–H and O–H groups in total. The van der Waals surface area contributed by atoms with Gasteiger partial charge in [0, 0.05) is 55.7 Å². The molecule has 0 aromatic heterocycles. The summed E-state index contributed by atoms with van der Waals surface area (Å²) in [4.78, 5) is 20.9. The number of rotatable bonds is 5. The molecule has 2 atom stereocenters. The Morgan fingerprint density at radius 3 is 2.43 bits per heavy atom. The van der Waals surface area contributed by atoms with Crippen LogP contribution < -0.4 is 10.6 Å². The molecule has 1 saturated carbocycles. The number of nitrogens with zero attached hydrogens (tertiary/aromatic N) is 3. The summed E-state index contributed by atoms with van der Waals surface area (Å²) in [7, 11) is 1.85. The van der Waals surface area contributed by atoms with Crippen molar-refractivity contribution in [1.82, 2.24) is 20.4 Å². The molecule has 2 aliphatic rings. The Hall–Kier alpha value is -0.870. The van der Waals surface area contributed by atoms with Gasteiger partial charge < -0.3 is 15.5 Å². The first-order chi connectivity index (χ1) is 13.0. The van der Waals surface area contributed by atoms with Gasteiger partial charge in [-0.1, -0.05) is 28.1 Å². The molecular formula is C20H31BrIN5O. The van der Waals surface area contributed by atoms with Crippen LogP contribution in [0.1, 0.15) is 31.7 Å². The number of piperazine rings is 1. The molecule has 0 radical (unpaired) electrons. The van der Waals surface area contributed by atoms with Gasteiger partial charge in [0.05, 0.1) is 6.54 Å². The number of hydrogen-bond donors (Lipinski definition) is 2. The van der Waals surface area contributed by atoms with Crippen LogP contribution in [0.25, 0.3) is 0 Å². The Morgan fingerprint density at radius 2 is 1.86 bits per heavy atom. The third kappa shape index (κ3) is 6.59. The average Bonchev–Trinajstić information content (AvgIpc) is 3.39. The SMILES string of the molecule is CN=C(NC1CC1c1ccc(Br)cc1)N1CCN(CC(=O)NC(C)C)CC1.I. The predicted molar refractivity (Wildman–Crippen MR) is 128 cm³/mol. The van der Waals surface area contributed by atoms with Crippen LogP contribution in [0.15, 0.2) is 33.7 Å². The minimum Gasteiger partial charge on any atom is -0.353 e. The molecule has 0 bridgehead atoms. The lowest BCUT2D eigenvalue weighted by molar-refractivity contribution is -0.123. The molecule has 1 saturated heterocycles. The fourth-order valence-electron chi connectivity index (χ4n) is 3.58. The predicted octanol–water partition coefficient (Wildman–Crippen LogP) is 2.64. The summed E-state index contributed by atoms with van der Waals surface area (Å²) in [5, 5.41) is 6.58.